The minimum atomic E-state index is 0.0133. The first-order chi connectivity index (χ1) is 16.0. The van der Waals surface area contributed by atoms with Gasteiger partial charge in [0.2, 0.25) is 11.8 Å². The van der Waals surface area contributed by atoms with Crippen LogP contribution in [-0.2, 0) is 16.1 Å². The number of rotatable bonds is 6. The molecular weight excluding hydrogens is 412 g/mol. The van der Waals surface area contributed by atoms with Crippen molar-refractivity contribution in [2.75, 3.05) is 51.1 Å². The minimum absolute atomic E-state index is 0.0133. The Hall–Kier alpha value is -2.70. The Morgan fingerprint density at radius 1 is 0.848 bits per heavy atom. The molecule has 1 N–H and O–H groups in total. The molecule has 2 fully saturated rings. The lowest BCUT2D eigenvalue weighted by Gasteiger charge is -2.38. The van der Waals surface area contributed by atoms with E-state index < -0.39 is 0 Å². The molecule has 6 nitrogen and oxygen atoms in total. The van der Waals surface area contributed by atoms with Gasteiger partial charge in [-0.1, -0.05) is 36.4 Å². The molecule has 0 aromatic heterocycles. The fraction of sp³-hybridized carbons (Fsp3) is 0.481. The van der Waals surface area contributed by atoms with Crippen molar-refractivity contribution in [3.05, 3.63) is 65.2 Å². The first-order valence-corrected chi connectivity index (χ1v) is 12.1. The number of aryl methyl sites for hydroxylation is 2. The molecule has 6 heteroatoms. The number of anilines is 1. The van der Waals surface area contributed by atoms with Crippen LogP contribution in [-0.4, -0.2) is 72.3 Å². The Balaban J connectivity index is 1.18. The average Bonchev–Trinajstić information content (AvgIpc) is 2.79. The molecule has 2 aliphatic rings. The number of amides is 2. The molecule has 0 saturated carbocycles. The topological polar surface area (TPSA) is 55.9 Å². The van der Waals surface area contributed by atoms with Crippen molar-refractivity contribution >= 4 is 17.5 Å². The van der Waals surface area contributed by atoms with E-state index >= 15 is 0 Å². The van der Waals surface area contributed by atoms with Crippen LogP contribution in [0.25, 0.3) is 0 Å². The smallest absolute Gasteiger partial charge is 0.238 e. The Bertz CT molecular complexity index is 926. The summed E-state index contributed by atoms with van der Waals surface area (Å²) >= 11 is 0. The van der Waals surface area contributed by atoms with Crippen LogP contribution in [0.5, 0.6) is 0 Å². The Morgan fingerprint density at radius 2 is 1.48 bits per heavy atom. The maximum Gasteiger partial charge on any atom is 0.238 e. The maximum absolute atomic E-state index is 13.1. The number of piperidine rings is 1. The van der Waals surface area contributed by atoms with E-state index in [4.69, 9.17) is 0 Å². The molecule has 2 aliphatic heterocycles. The van der Waals surface area contributed by atoms with Crippen molar-refractivity contribution in [1.82, 2.24) is 14.7 Å². The van der Waals surface area contributed by atoms with Gasteiger partial charge < -0.3 is 10.2 Å². The van der Waals surface area contributed by atoms with Gasteiger partial charge in [-0.05, 0) is 68.6 Å². The summed E-state index contributed by atoms with van der Waals surface area (Å²) in [6.45, 7) is 10.5. The van der Waals surface area contributed by atoms with Gasteiger partial charge in [0.25, 0.3) is 0 Å². The molecule has 0 bridgehead atoms. The number of nitrogens with zero attached hydrogens (tertiary/aromatic N) is 3. The van der Waals surface area contributed by atoms with Gasteiger partial charge in [0.05, 0.1) is 6.54 Å². The molecule has 0 aliphatic carbocycles. The summed E-state index contributed by atoms with van der Waals surface area (Å²) in [6.07, 6.45) is 1.67. The fourth-order valence-corrected chi connectivity index (χ4v) is 5.01. The summed E-state index contributed by atoms with van der Waals surface area (Å²) in [5.41, 5.74) is 4.47. The maximum atomic E-state index is 13.1. The summed E-state index contributed by atoms with van der Waals surface area (Å²) in [6, 6.07) is 16.6. The average molecular weight is 449 g/mol. The van der Waals surface area contributed by atoms with Gasteiger partial charge in [-0.25, -0.2) is 0 Å². The summed E-state index contributed by atoms with van der Waals surface area (Å²) < 4.78 is 0. The van der Waals surface area contributed by atoms with Crippen LogP contribution >= 0.6 is 0 Å². The highest BCUT2D eigenvalue weighted by molar-refractivity contribution is 5.92. The van der Waals surface area contributed by atoms with E-state index in [-0.39, 0.29) is 11.8 Å². The van der Waals surface area contributed by atoms with Gasteiger partial charge in [-0.3, -0.25) is 19.4 Å². The van der Waals surface area contributed by atoms with E-state index in [9.17, 15) is 9.59 Å². The van der Waals surface area contributed by atoms with Crippen LogP contribution in [0.2, 0.25) is 0 Å². The molecule has 0 unspecified atom stereocenters. The summed E-state index contributed by atoms with van der Waals surface area (Å²) in [5, 5.41) is 3.02. The molecule has 33 heavy (non-hydrogen) atoms. The second-order valence-electron chi connectivity index (χ2n) is 9.56. The van der Waals surface area contributed by atoms with Gasteiger partial charge in [0, 0.05) is 44.3 Å². The molecule has 2 saturated heterocycles. The normalized spacial score (nSPS) is 18.3. The van der Waals surface area contributed by atoms with Crippen LogP contribution in [0.3, 0.4) is 0 Å². The van der Waals surface area contributed by atoms with Crippen molar-refractivity contribution in [3.63, 3.8) is 0 Å². The fourth-order valence-electron chi connectivity index (χ4n) is 5.01. The Kier molecular flexibility index (Phi) is 7.78. The molecule has 2 amide bonds. The monoisotopic (exact) mass is 448 g/mol. The third kappa shape index (κ3) is 6.65. The summed E-state index contributed by atoms with van der Waals surface area (Å²) in [5.74, 6) is 0.400. The highest BCUT2D eigenvalue weighted by Gasteiger charge is 2.30. The molecule has 0 spiro atoms. The molecule has 4 rings (SSSR count). The van der Waals surface area contributed by atoms with Crippen molar-refractivity contribution < 1.29 is 9.59 Å². The van der Waals surface area contributed by atoms with Crippen molar-refractivity contribution in [3.8, 4) is 0 Å². The van der Waals surface area contributed by atoms with E-state index in [1.807, 2.05) is 32.0 Å². The second-order valence-corrected chi connectivity index (χ2v) is 9.56. The minimum Gasteiger partial charge on any atom is -0.340 e. The third-order valence-corrected chi connectivity index (χ3v) is 6.74. The highest BCUT2D eigenvalue weighted by atomic mass is 16.2. The number of piperazine rings is 1. The van der Waals surface area contributed by atoms with Gasteiger partial charge >= 0.3 is 0 Å². The molecule has 0 atom stereocenters. The molecule has 2 aromatic carbocycles. The van der Waals surface area contributed by atoms with Crippen molar-refractivity contribution in [2.45, 2.75) is 33.2 Å². The van der Waals surface area contributed by atoms with Crippen LogP contribution < -0.4 is 5.32 Å². The summed E-state index contributed by atoms with van der Waals surface area (Å²) in [4.78, 5) is 32.2. The number of carbonyl (C=O) groups excluding carboxylic acids is 2. The number of benzene rings is 2. The predicted octanol–water partition coefficient (Wildman–Crippen LogP) is 3.30. The lowest BCUT2D eigenvalue weighted by atomic mass is 9.95. The van der Waals surface area contributed by atoms with Crippen LogP contribution in [0, 0.1) is 19.8 Å². The molecular formula is C27H36N4O2. The quantitative estimate of drug-likeness (QED) is 0.737. The SMILES string of the molecule is Cc1cc(C)cc(NC(=O)CN2CCC(C(=O)N3CCN(Cc4ccccc4)CC3)CC2)c1. The lowest BCUT2D eigenvalue weighted by Crippen LogP contribution is -2.51. The molecule has 2 heterocycles. The largest absolute Gasteiger partial charge is 0.340 e. The number of likely N-dealkylation sites (tertiary alicyclic amines) is 1. The van der Waals surface area contributed by atoms with Gasteiger partial charge in [0.1, 0.15) is 0 Å². The number of hydrogen-bond acceptors (Lipinski definition) is 4. The molecule has 0 radical (unpaired) electrons. The highest BCUT2D eigenvalue weighted by Crippen LogP contribution is 2.21. The number of nitrogens with one attached hydrogen (secondary N) is 1. The zero-order valence-corrected chi connectivity index (χ0v) is 19.9. The zero-order valence-electron chi connectivity index (χ0n) is 19.9. The van der Waals surface area contributed by atoms with E-state index in [0.29, 0.717) is 12.5 Å². The van der Waals surface area contributed by atoms with E-state index in [1.165, 1.54) is 5.56 Å². The Morgan fingerprint density at radius 3 is 2.12 bits per heavy atom. The number of carbonyl (C=O) groups is 2. The third-order valence-electron chi connectivity index (χ3n) is 6.74. The van der Waals surface area contributed by atoms with Gasteiger partial charge in [0.15, 0.2) is 0 Å². The predicted molar refractivity (Wildman–Crippen MR) is 132 cm³/mol. The van der Waals surface area contributed by atoms with Crippen LogP contribution in [0.15, 0.2) is 48.5 Å². The lowest BCUT2D eigenvalue weighted by molar-refractivity contribution is -0.139. The zero-order chi connectivity index (χ0) is 23.2. The number of hydrogen-bond donors (Lipinski definition) is 1. The van der Waals surface area contributed by atoms with Gasteiger partial charge in [-0.2, -0.15) is 0 Å². The first kappa shape index (κ1) is 23.5. The summed E-state index contributed by atoms with van der Waals surface area (Å²) in [7, 11) is 0. The van der Waals surface area contributed by atoms with Crippen molar-refractivity contribution in [1.29, 1.82) is 0 Å². The van der Waals surface area contributed by atoms with E-state index in [2.05, 4.69) is 50.3 Å². The Labute approximate surface area is 197 Å². The van der Waals surface area contributed by atoms with Crippen LogP contribution in [0.4, 0.5) is 5.69 Å². The molecule has 2 aromatic rings. The van der Waals surface area contributed by atoms with Crippen LogP contribution in [0.1, 0.15) is 29.5 Å². The van der Waals surface area contributed by atoms with E-state index in [1.54, 1.807) is 0 Å². The first-order valence-electron chi connectivity index (χ1n) is 12.1. The van der Waals surface area contributed by atoms with Gasteiger partial charge in [-0.15, -0.1) is 0 Å². The van der Waals surface area contributed by atoms with E-state index in [0.717, 1.165) is 75.5 Å². The second kappa shape index (κ2) is 10.9. The molecule has 176 valence electrons. The van der Waals surface area contributed by atoms with Crippen molar-refractivity contribution in [2.24, 2.45) is 5.92 Å². The standard InChI is InChI=1S/C27H36N4O2/c1-21-16-22(2)18-25(17-21)28-26(32)20-29-10-8-24(9-11-29)27(33)31-14-12-30(13-15-31)19-23-6-4-3-5-7-23/h3-7,16-18,24H,8-15,19-20H2,1-2H3,(H,28,32).